The molecule has 0 aliphatic heterocycles. The second kappa shape index (κ2) is 8.37. The van der Waals surface area contributed by atoms with Gasteiger partial charge in [-0.25, -0.2) is 19.2 Å². The lowest BCUT2D eigenvalue weighted by molar-refractivity contribution is 0.0651. The summed E-state index contributed by atoms with van der Waals surface area (Å²) in [7, 11) is 0. The van der Waals surface area contributed by atoms with E-state index in [0.29, 0.717) is 0 Å². The van der Waals surface area contributed by atoms with Crippen LogP contribution in [0.5, 0.6) is 0 Å². The van der Waals surface area contributed by atoms with Gasteiger partial charge in [0.25, 0.3) is 0 Å². The van der Waals surface area contributed by atoms with E-state index in [0.717, 1.165) is 24.3 Å². The zero-order chi connectivity index (χ0) is 18.0. The van der Waals surface area contributed by atoms with Gasteiger partial charge in [0.1, 0.15) is 0 Å². The molecule has 0 fully saturated rings. The standard InChI is InChI=1S/C16H10O8.2H2O/c17-13(18)9-3-1-7(5-11(9)15(21)22)8-2-4-10(14(19)20)12(6-8)16(23)24;;/h1-6H,(H,17,18)(H,19,20)(H,21,22)(H,23,24);2*1H2. The van der Waals surface area contributed by atoms with Gasteiger partial charge in [0, 0.05) is 0 Å². The fraction of sp³-hybridized carbons (Fsp3) is 0. The Bertz CT molecular complexity index is 811. The Labute approximate surface area is 145 Å². The van der Waals surface area contributed by atoms with E-state index in [1.807, 2.05) is 0 Å². The summed E-state index contributed by atoms with van der Waals surface area (Å²) in [6.07, 6.45) is 0. The monoisotopic (exact) mass is 366 g/mol. The van der Waals surface area contributed by atoms with Crippen LogP contribution in [-0.4, -0.2) is 55.3 Å². The molecule has 2 aromatic carbocycles. The second-order valence-electron chi connectivity index (χ2n) is 4.74. The molecule has 10 heteroatoms. The number of benzene rings is 2. The first-order chi connectivity index (χ1) is 11.2. The highest BCUT2D eigenvalue weighted by atomic mass is 16.4. The van der Waals surface area contributed by atoms with Gasteiger partial charge in [-0.3, -0.25) is 0 Å². The third-order valence-corrected chi connectivity index (χ3v) is 3.29. The van der Waals surface area contributed by atoms with Crippen LogP contribution >= 0.6 is 0 Å². The van der Waals surface area contributed by atoms with E-state index in [2.05, 4.69) is 0 Å². The zero-order valence-corrected chi connectivity index (χ0v) is 12.9. The molecule has 0 bridgehead atoms. The smallest absolute Gasteiger partial charge is 0.336 e. The SMILES string of the molecule is O.O.O=C(O)c1ccc(-c2ccc(C(=O)O)c(C(=O)O)c2)cc1C(=O)O. The lowest BCUT2D eigenvalue weighted by Crippen LogP contribution is -2.09. The van der Waals surface area contributed by atoms with Crippen molar-refractivity contribution in [2.24, 2.45) is 0 Å². The fourth-order valence-electron chi connectivity index (χ4n) is 2.17. The summed E-state index contributed by atoms with van der Waals surface area (Å²) >= 11 is 0. The summed E-state index contributed by atoms with van der Waals surface area (Å²) in [5.41, 5.74) is -1.24. The van der Waals surface area contributed by atoms with Crippen molar-refractivity contribution in [3.8, 4) is 11.1 Å². The topological polar surface area (TPSA) is 212 Å². The van der Waals surface area contributed by atoms with Crippen LogP contribution in [0.25, 0.3) is 11.1 Å². The molecule has 26 heavy (non-hydrogen) atoms. The molecule has 0 amide bonds. The van der Waals surface area contributed by atoms with Crippen molar-refractivity contribution in [3.05, 3.63) is 58.7 Å². The predicted octanol–water partition coefficient (Wildman–Crippen LogP) is 0.497. The summed E-state index contributed by atoms with van der Waals surface area (Å²) in [6, 6.07) is 6.99. The van der Waals surface area contributed by atoms with E-state index in [9.17, 15) is 19.2 Å². The molecule has 0 radical (unpaired) electrons. The van der Waals surface area contributed by atoms with E-state index in [1.165, 1.54) is 12.1 Å². The maximum absolute atomic E-state index is 11.2. The van der Waals surface area contributed by atoms with Gasteiger partial charge in [-0.15, -0.1) is 0 Å². The number of carboxylic acids is 4. The minimum absolute atomic E-state index is 0. The highest BCUT2D eigenvalue weighted by Gasteiger charge is 2.19. The molecule has 0 saturated heterocycles. The van der Waals surface area contributed by atoms with Gasteiger partial charge in [0.15, 0.2) is 0 Å². The molecule has 2 rings (SSSR count). The zero-order valence-electron chi connectivity index (χ0n) is 12.9. The Morgan fingerprint density at radius 2 is 0.769 bits per heavy atom. The molecule has 138 valence electrons. The third kappa shape index (κ3) is 4.20. The Balaban J connectivity index is 0.00000312. The normalized spacial score (nSPS) is 9.38. The van der Waals surface area contributed by atoms with Crippen molar-refractivity contribution in [1.82, 2.24) is 0 Å². The molecule has 8 N–H and O–H groups in total. The lowest BCUT2D eigenvalue weighted by atomic mass is 9.96. The summed E-state index contributed by atoms with van der Waals surface area (Å²) in [4.78, 5) is 44.4. The Hall–Kier alpha value is -3.76. The molecule has 0 aromatic heterocycles. The maximum Gasteiger partial charge on any atom is 0.336 e. The summed E-state index contributed by atoms with van der Waals surface area (Å²) in [6.45, 7) is 0. The van der Waals surface area contributed by atoms with E-state index in [4.69, 9.17) is 20.4 Å². The summed E-state index contributed by atoms with van der Waals surface area (Å²) in [5.74, 6) is -5.72. The van der Waals surface area contributed by atoms with E-state index in [1.54, 1.807) is 0 Å². The summed E-state index contributed by atoms with van der Waals surface area (Å²) in [5, 5.41) is 36.2. The van der Waals surface area contributed by atoms with E-state index in [-0.39, 0.29) is 22.1 Å². The van der Waals surface area contributed by atoms with Crippen LogP contribution < -0.4 is 0 Å². The number of rotatable bonds is 5. The van der Waals surface area contributed by atoms with Crippen LogP contribution in [0.15, 0.2) is 36.4 Å². The van der Waals surface area contributed by atoms with Crippen molar-refractivity contribution in [2.75, 3.05) is 0 Å². The van der Waals surface area contributed by atoms with Gasteiger partial charge in [-0.2, -0.15) is 0 Å². The molecule has 0 saturated carbocycles. The average Bonchev–Trinajstić information content (AvgIpc) is 2.53. The highest BCUT2D eigenvalue weighted by molar-refractivity contribution is 6.04. The number of hydrogen-bond acceptors (Lipinski definition) is 4. The first-order valence-electron chi connectivity index (χ1n) is 6.44. The van der Waals surface area contributed by atoms with E-state index < -0.39 is 46.1 Å². The molecule has 0 atom stereocenters. The second-order valence-corrected chi connectivity index (χ2v) is 4.74. The minimum atomic E-state index is -1.45. The molecule has 0 heterocycles. The van der Waals surface area contributed by atoms with Gasteiger partial charge >= 0.3 is 23.9 Å². The molecular weight excluding hydrogens is 352 g/mol. The Morgan fingerprint density at radius 3 is 1.00 bits per heavy atom. The Kier molecular flexibility index (Phi) is 7.16. The van der Waals surface area contributed by atoms with Gasteiger partial charge in [0.2, 0.25) is 0 Å². The summed E-state index contributed by atoms with van der Waals surface area (Å²) < 4.78 is 0. The maximum atomic E-state index is 11.2. The molecule has 0 aliphatic carbocycles. The van der Waals surface area contributed by atoms with Crippen LogP contribution in [0.3, 0.4) is 0 Å². The molecular formula is C16H14O10. The number of aromatic carboxylic acids is 4. The van der Waals surface area contributed by atoms with E-state index >= 15 is 0 Å². The van der Waals surface area contributed by atoms with Crippen LogP contribution in [0, 0.1) is 0 Å². The predicted molar refractivity (Wildman–Crippen MR) is 86.9 cm³/mol. The number of carboxylic acid groups (broad SMARTS) is 4. The lowest BCUT2D eigenvalue weighted by Gasteiger charge is -2.09. The molecule has 0 aliphatic rings. The highest BCUT2D eigenvalue weighted by Crippen LogP contribution is 2.25. The van der Waals surface area contributed by atoms with Crippen molar-refractivity contribution in [2.45, 2.75) is 0 Å². The van der Waals surface area contributed by atoms with Crippen molar-refractivity contribution < 1.29 is 50.6 Å². The quantitative estimate of drug-likeness (QED) is 0.583. The van der Waals surface area contributed by atoms with Crippen molar-refractivity contribution >= 4 is 23.9 Å². The van der Waals surface area contributed by atoms with Gasteiger partial charge < -0.3 is 31.4 Å². The van der Waals surface area contributed by atoms with Crippen LogP contribution in [-0.2, 0) is 0 Å². The first-order valence-corrected chi connectivity index (χ1v) is 6.44. The molecule has 2 aromatic rings. The van der Waals surface area contributed by atoms with Crippen LogP contribution in [0.1, 0.15) is 41.4 Å². The Morgan fingerprint density at radius 1 is 0.500 bits per heavy atom. The van der Waals surface area contributed by atoms with Crippen molar-refractivity contribution in [1.29, 1.82) is 0 Å². The van der Waals surface area contributed by atoms with Gasteiger partial charge in [-0.05, 0) is 35.4 Å². The molecule has 0 unspecified atom stereocenters. The average molecular weight is 366 g/mol. The number of hydrogen-bond donors (Lipinski definition) is 4. The van der Waals surface area contributed by atoms with Crippen LogP contribution in [0.2, 0.25) is 0 Å². The third-order valence-electron chi connectivity index (χ3n) is 3.29. The minimum Gasteiger partial charge on any atom is -0.478 e. The first kappa shape index (κ1) is 22.2. The largest absolute Gasteiger partial charge is 0.478 e. The van der Waals surface area contributed by atoms with Crippen LogP contribution in [0.4, 0.5) is 0 Å². The fourth-order valence-corrected chi connectivity index (χ4v) is 2.17. The van der Waals surface area contributed by atoms with Crippen molar-refractivity contribution in [3.63, 3.8) is 0 Å². The van der Waals surface area contributed by atoms with Gasteiger partial charge in [-0.1, -0.05) is 12.1 Å². The van der Waals surface area contributed by atoms with Gasteiger partial charge in [0.05, 0.1) is 22.3 Å². The molecule has 10 nitrogen and oxygen atoms in total. The number of carbonyl (C=O) groups is 4. The molecule has 0 spiro atoms.